The number of anilines is 2. The zero-order valence-electron chi connectivity index (χ0n) is 17.3. The van der Waals surface area contributed by atoms with E-state index >= 15 is 0 Å². The number of amides is 2. The van der Waals surface area contributed by atoms with Gasteiger partial charge < -0.3 is 25.8 Å². The van der Waals surface area contributed by atoms with Crippen LogP contribution in [0.25, 0.3) is 0 Å². The Kier molecular flexibility index (Phi) is 5.58. The minimum atomic E-state index is -0.00521. The first-order chi connectivity index (χ1) is 13.9. The number of hydrogen-bond donors (Lipinski definition) is 2. The van der Waals surface area contributed by atoms with E-state index in [1.807, 2.05) is 25.1 Å². The highest BCUT2D eigenvalue weighted by atomic mass is 16.2. The number of aromatic nitrogens is 2. The molecule has 3 N–H and O–H groups in total. The Hall–Kier alpha value is -2.42. The van der Waals surface area contributed by atoms with Gasteiger partial charge in [0.15, 0.2) is 0 Å². The quantitative estimate of drug-likeness (QED) is 0.712. The van der Waals surface area contributed by atoms with Crippen molar-refractivity contribution in [2.24, 2.45) is 11.8 Å². The molecule has 3 aliphatic rings. The fraction of sp³-hybridized carbons (Fsp3) is 0.700. The Bertz CT molecular complexity index is 771. The van der Waals surface area contributed by atoms with Crippen LogP contribution in [0.3, 0.4) is 0 Å². The van der Waals surface area contributed by atoms with Crippen molar-refractivity contribution in [3.8, 4) is 0 Å². The summed E-state index contributed by atoms with van der Waals surface area (Å²) in [7, 11) is 3.75. The molecular formula is C20H31N7O2. The number of carbonyl (C=O) groups excluding carboxylic acids is 2. The molecule has 9 heteroatoms. The van der Waals surface area contributed by atoms with Crippen LogP contribution in [0.2, 0.25) is 0 Å². The maximum atomic E-state index is 12.8. The summed E-state index contributed by atoms with van der Waals surface area (Å²) in [6.45, 7) is 2.54. The Labute approximate surface area is 171 Å². The molecule has 9 nitrogen and oxygen atoms in total. The first-order valence-electron chi connectivity index (χ1n) is 10.5. The number of nitrogens with two attached hydrogens (primary N) is 1. The van der Waals surface area contributed by atoms with Gasteiger partial charge >= 0.3 is 0 Å². The third-order valence-corrected chi connectivity index (χ3v) is 6.46. The highest BCUT2D eigenvalue weighted by molar-refractivity contribution is 5.79. The summed E-state index contributed by atoms with van der Waals surface area (Å²) in [6, 6.07) is 2.08. The zero-order chi connectivity index (χ0) is 20.5. The summed E-state index contributed by atoms with van der Waals surface area (Å²) >= 11 is 0. The summed E-state index contributed by atoms with van der Waals surface area (Å²) in [5, 5.41) is 3.07. The second-order valence-electron chi connectivity index (χ2n) is 8.83. The third-order valence-electron chi connectivity index (χ3n) is 6.46. The Morgan fingerprint density at radius 3 is 2.86 bits per heavy atom. The molecule has 1 aromatic rings. The predicted molar refractivity (Wildman–Crippen MR) is 110 cm³/mol. The van der Waals surface area contributed by atoms with Gasteiger partial charge in [-0.25, -0.2) is 9.97 Å². The van der Waals surface area contributed by atoms with Crippen molar-refractivity contribution in [3.05, 3.63) is 12.4 Å². The second-order valence-corrected chi connectivity index (χ2v) is 8.83. The van der Waals surface area contributed by atoms with E-state index in [1.165, 1.54) is 6.33 Å². The Balaban J connectivity index is 1.55. The number of likely N-dealkylation sites (N-methyl/N-ethyl adjacent to an activating group) is 1. The van der Waals surface area contributed by atoms with Gasteiger partial charge in [0, 0.05) is 38.2 Å². The van der Waals surface area contributed by atoms with E-state index in [2.05, 4.69) is 25.1 Å². The lowest BCUT2D eigenvalue weighted by molar-refractivity contribution is -0.149. The number of nitrogen functional groups attached to an aromatic ring is 1. The summed E-state index contributed by atoms with van der Waals surface area (Å²) in [6.07, 6.45) is 5.18. The van der Waals surface area contributed by atoms with E-state index in [9.17, 15) is 9.59 Å². The number of carbonyl (C=O) groups is 2. The normalized spacial score (nSPS) is 29.0. The molecule has 3 aliphatic heterocycles. The summed E-state index contributed by atoms with van der Waals surface area (Å²) in [5.74, 6) is 2.26. The average Bonchev–Trinajstić information content (AvgIpc) is 2.67. The van der Waals surface area contributed by atoms with Gasteiger partial charge in [-0.3, -0.25) is 9.59 Å². The third kappa shape index (κ3) is 4.14. The molecule has 0 radical (unpaired) electrons. The molecule has 0 aromatic carbocycles. The largest absolute Gasteiger partial charge is 0.384 e. The molecule has 4 atom stereocenters. The highest BCUT2D eigenvalue weighted by Crippen LogP contribution is 2.42. The van der Waals surface area contributed by atoms with Crippen LogP contribution in [0.5, 0.6) is 0 Å². The van der Waals surface area contributed by atoms with Crippen molar-refractivity contribution >= 4 is 23.5 Å². The number of piperidine rings is 3. The molecule has 4 rings (SSSR count). The molecule has 158 valence electrons. The van der Waals surface area contributed by atoms with Crippen LogP contribution in [-0.2, 0) is 9.59 Å². The molecule has 3 fully saturated rings. The van der Waals surface area contributed by atoms with Gasteiger partial charge in [0.25, 0.3) is 0 Å². The monoisotopic (exact) mass is 401 g/mol. The minimum absolute atomic E-state index is 0.00521. The van der Waals surface area contributed by atoms with E-state index in [0.717, 1.165) is 38.2 Å². The van der Waals surface area contributed by atoms with E-state index in [0.29, 0.717) is 37.2 Å². The Morgan fingerprint density at radius 1 is 1.31 bits per heavy atom. The van der Waals surface area contributed by atoms with Crippen LogP contribution in [0.15, 0.2) is 12.4 Å². The van der Waals surface area contributed by atoms with Crippen LogP contribution < -0.4 is 16.0 Å². The van der Waals surface area contributed by atoms with Crippen molar-refractivity contribution < 1.29 is 9.59 Å². The van der Waals surface area contributed by atoms with Crippen molar-refractivity contribution in [2.45, 2.75) is 37.8 Å². The van der Waals surface area contributed by atoms with Gasteiger partial charge in [-0.1, -0.05) is 0 Å². The van der Waals surface area contributed by atoms with Crippen molar-refractivity contribution in [1.29, 1.82) is 0 Å². The molecule has 0 aliphatic carbocycles. The van der Waals surface area contributed by atoms with Crippen LogP contribution >= 0.6 is 0 Å². The number of rotatable bonds is 5. The van der Waals surface area contributed by atoms with Gasteiger partial charge in [-0.2, -0.15) is 0 Å². The van der Waals surface area contributed by atoms with E-state index in [-0.39, 0.29) is 23.9 Å². The average molecular weight is 402 g/mol. The van der Waals surface area contributed by atoms with Gasteiger partial charge in [0.2, 0.25) is 11.8 Å². The fourth-order valence-corrected chi connectivity index (χ4v) is 5.32. The smallest absolute Gasteiger partial charge is 0.234 e. The van der Waals surface area contributed by atoms with Crippen molar-refractivity contribution in [2.75, 3.05) is 50.9 Å². The van der Waals surface area contributed by atoms with Gasteiger partial charge in [-0.05, 0) is 45.2 Å². The number of nitrogens with one attached hydrogen (secondary N) is 1. The van der Waals surface area contributed by atoms with Crippen LogP contribution in [0.4, 0.5) is 11.6 Å². The summed E-state index contributed by atoms with van der Waals surface area (Å²) in [4.78, 5) is 39.8. The zero-order valence-corrected chi connectivity index (χ0v) is 17.3. The Morgan fingerprint density at radius 2 is 2.10 bits per heavy atom. The van der Waals surface area contributed by atoms with E-state index < -0.39 is 0 Å². The molecule has 3 saturated heterocycles. The van der Waals surface area contributed by atoms with Gasteiger partial charge in [0.05, 0.1) is 12.6 Å². The molecule has 0 saturated carbocycles. The number of nitrogens with zero attached hydrogens (tertiary/aromatic N) is 5. The molecule has 1 aromatic heterocycles. The molecule has 4 heterocycles. The lowest BCUT2D eigenvalue weighted by Gasteiger charge is -2.56. The maximum Gasteiger partial charge on any atom is 0.234 e. The van der Waals surface area contributed by atoms with Crippen LogP contribution in [-0.4, -0.2) is 83.9 Å². The lowest BCUT2D eigenvalue weighted by Crippen LogP contribution is -2.67. The molecular weight excluding hydrogens is 370 g/mol. The van der Waals surface area contributed by atoms with Crippen molar-refractivity contribution in [1.82, 2.24) is 25.1 Å². The SMILES string of the molecule is CN(C)CC(=O)NC[C@H]1[C@H]2C[C@H](CN(c3cc(N)ncn3)C2)[C@@H]2CCCC(=O)N21. The first kappa shape index (κ1) is 19.9. The molecule has 0 unspecified atom stereocenters. The lowest BCUT2D eigenvalue weighted by atomic mass is 9.72. The predicted octanol–water partition coefficient (Wildman–Crippen LogP) is -0.0576. The van der Waals surface area contributed by atoms with Gasteiger partial charge in [0.1, 0.15) is 18.0 Å². The maximum absolute atomic E-state index is 12.8. The first-order valence-corrected chi connectivity index (χ1v) is 10.5. The molecule has 29 heavy (non-hydrogen) atoms. The van der Waals surface area contributed by atoms with Crippen LogP contribution in [0, 0.1) is 11.8 Å². The van der Waals surface area contributed by atoms with E-state index in [1.54, 1.807) is 0 Å². The highest BCUT2D eigenvalue weighted by Gasteiger charge is 2.49. The summed E-state index contributed by atoms with van der Waals surface area (Å²) < 4.78 is 0. The molecule has 2 amide bonds. The minimum Gasteiger partial charge on any atom is -0.384 e. The standard InChI is InChI=1S/C20H31N7O2/c1-25(2)11-19(28)22-8-16-14-6-13(15-4-3-5-20(29)27(15)16)9-26(10-14)18-7-17(21)23-12-24-18/h7,12-16H,3-6,8-11H2,1-2H3,(H,22,28)(H2,21,23,24)/t13-,14+,15+,16+/m1/s1. The molecule has 0 spiro atoms. The second kappa shape index (κ2) is 8.14. The van der Waals surface area contributed by atoms with Crippen LogP contribution in [0.1, 0.15) is 25.7 Å². The fourth-order valence-electron chi connectivity index (χ4n) is 5.32. The topological polar surface area (TPSA) is 108 Å². The van der Waals surface area contributed by atoms with E-state index in [4.69, 9.17) is 5.73 Å². The van der Waals surface area contributed by atoms with Gasteiger partial charge in [-0.15, -0.1) is 0 Å². The number of hydrogen-bond acceptors (Lipinski definition) is 7. The van der Waals surface area contributed by atoms with Crippen molar-refractivity contribution in [3.63, 3.8) is 0 Å². The summed E-state index contributed by atoms with van der Waals surface area (Å²) in [5.41, 5.74) is 5.87. The molecule has 2 bridgehead atoms. The number of fused-ring (bicyclic) bond motifs is 4.